The van der Waals surface area contributed by atoms with Gasteiger partial charge in [-0.2, -0.15) is 0 Å². The minimum atomic E-state index is -0.767. The first-order valence-electron chi connectivity index (χ1n) is 4.24. The highest BCUT2D eigenvalue weighted by Crippen LogP contribution is 2.25. The Labute approximate surface area is 77.4 Å². The molecule has 0 aliphatic carbocycles. The molecule has 0 aliphatic heterocycles. The molecule has 0 spiro atoms. The highest BCUT2D eigenvalue weighted by molar-refractivity contribution is 5.67. The fraction of sp³-hybridized carbons (Fsp3) is 0.500. The van der Waals surface area contributed by atoms with Gasteiger partial charge in [-0.15, -0.1) is 0 Å². The van der Waals surface area contributed by atoms with E-state index in [1.165, 1.54) is 0 Å². The van der Waals surface area contributed by atoms with Crippen LogP contribution in [0.25, 0.3) is 0 Å². The van der Waals surface area contributed by atoms with E-state index in [4.69, 9.17) is 9.52 Å². The van der Waals surface area contributed by atoms with Gasteiger partial charge >= 0.3 is 5.97 Å². The van der Waals surface area contributed by atoms with E-state index in [2.05, 4.69) is 0 Å². The molecular formula is C10H14O3. The summed E-state index contributed by atoms with van der Waals surface area (Å²) in [4.78, 5) is 10.5. The minimum absolute atomic E-state index is 0.160. The molecule has 1 aromatic rings. The van der Waals surface area contributed by atoms with E-state index in [-0.39, 0.29) is 11.8 Å². The van der Waals surface area contributed by atoms with E-state index in [1.54, 1.807) is 6.26 Å². The second-order valence-corrected chi connectivity index (χ2v) is 3.99. The lowest BCUT2D eigenvalue weighted by Gasteiger charge is -2.20. The van der Waals surface area contributed by atoms with Crippen LogP contribution in [0.3, 0.4) is 0 Å². The third-order valence-corrected chi connectivity index (χ3v) is 1.86. The number of hydrogen-bond donors (Lipinski definition) is 1. The fourth-order valence-corrected chi connectivity index (χ4v) is 1.36. The van der Waals surface area contributed by atoms with Crippen molar-refractivity contribution in [2.45, 2.75) is 26.7 Å². The average Bonchev–Trinajstić information content (AvgIpc) is 2.34. The molecule has 0 bridgehead atoms. The largest absolute Gasteiger partial charge is 0.481 e. The van der Waals surface area contributed by atoms with Crippen LogP contribution in [0.15, 0.2) is 22.8 Å². The molecule has 13 heavy (non-hydrogen) atoms. The molecule has 0 saturated heterocycles. The summed E-state index contributed by atoms with van der Waals surface area (Å²) in [5, 5.41) is 8.65. The van der Waals surface area contributed by atoms with Gasteiger partial charge in [0.25, 0.3) is 0 Å². The van der Waals surface area contributed by atoms with Gasteiger partial charge in [-0.25, -0.2) is 0 Å². The van der Waals surface area contributed by atoms with E-state index in [0.717, 1.165) is 5.76 Å². The molecule has 0 atom stereocenters. The van der Waals surface area contributed by atoms with Gasteiger partial charge in [0.05, 0.1) is 12.7 Å². The maximum absolute atomic E-state index is 10.5. The van der Waals surface area contributed by atoms with Gasteiger partial charge in [-0.3, -0.25) is 4.79 Å². The molecule has 0 amide bonds. The summed E-state index contributed by atoms with van der Waals surface area (Å²) >= 11 is 0. The molecule has 3 nitrogen and oxygen atoms in total. The van der Waals surface area contributed by atoms with Gasteiger partial charge in [0, 0.05) is 6.42 Å². The van der Waals surface area contributed by atoms with Crippen LogP contribution in [0.4, 0.5) is 0 Å². The monoisotopic (exact) mass is 182 g/mol. The quantitative estimate of drug-likeness (QED) is 0.777. The number of carboxylic acid groups (broad SMARTS) is 1. The Hall–Kier alpha value is -1.25. The Morgan fingerprint density at radius 1 is 1.62 bits per heavy atom. The number of rotatable bonds is 4. The molecule has 1 heterocycles. The molecule has 0 saturated carbocycles. The van der Waals surface area contributed by atoms with Crippen molar-refractivity contribution in [1.82, 2.24) is 0 Å². The zero-order chi connectivity index (χ0) is 9.90. The summed E-state index contributed by atoms with van der Waals surface area (Å²) in [5.74, 6) is 0.0720. The van der Waals surface area contributed by atoms with E-state index < -0.39 is 5.97 Å². The summed E-state index contributed by atoms with van der Waals surface area (Å²) in [5.41, 5.74) is -0.246. The normalized spacial score (nSPS) is 11.5. The minimum Gasteiger partial charge on any atom is -0.481 e. The number of hydrogen-bond acceptors (Lipinski definition) is 2. The molecule has 1 rings (SSSR count). The van der Waals surface area contributed by atoms with Crippen LogP contribution in [0.2, 0.25) is 0 Å². The molecular weight excluding hydrogens is 168 g/mol. The van der Waals surface area contributed by atoms with Gasteiger partial charge in [0.1, 0.15) is 5.76 Å². The van der Waals surface area contributed by atoms with Crippen molar-refractivity contribution >= 4 is 5.97 Å². The van der Waals surface area contributed by atoms with E-state index in [0.29, 0.717) is 6.42 Å². The Kier molecular flexibility index (Phi) is 2.76. The summed E-state index contributed by atoms with van der Waals surface area (Å²) in [7, 11) is 0. The van der Waals surface area contributed by atoms with Crippen molar-refractivity contribution < 1.29 is 14.3 Å². The number of furan rings is 1. The zero-order valence-electron chi connectivity index (χ0n) is 7.91. The molecule has 1 aromatic heterocycles. The van der Waals surface area contributed by atoms with Gasteiger partial charge in [-0.05, 0) is 17.5 Å². The standard InChI is InChI=1S/C10H14O3/c1-10(2,7-9(11)12)6-8-4-3-5-13-8/h3-5H,6-7H2,1-2H3,(H,11,12). The molecule has 72 valence electrons. The topological polar surface area (TPSA) is 50.4 Å². The summed E-state index contributed by atoms with van der Waals surface area (Å²) < 4.78 is 5.16. The third kappa shape index (κ3) is 3.32. The molecule has 3 heteroatoms. The van der Waals surface area contributed by atoms with E-state index in [9.17, 15) is 4.79 Å². The molecule has 0 aromatic carbocycles. The lowest BCUT2D eigenvalue weighted by Crippen LogP contribution is -2.19. The van der Waals surface area contributed by atoms with Crippen LogP contribution in [0.5, 0.6) is 0 Å². The molecule has 0 unspecified atom stereocenters. The van der Waals surface area contributed by atoms with Crippen LogP contribution in [0.1, 0.15) is 26.0 Å². The van der Waals surface area contributed by atoms with Gasteiger partial charge in [0.2, 0.25) is 0 Å². The maximum atomic E-state index is 10.5. The second-order valence-electron chi connectivity index (χ2n) is 3.99. The van der Waals surface area contributed by atoms with Crippen molar-refractivity contribution in [2.75, 3.05) is 0 Å². The van der Waals surface area contributed by atoms with Crippen molar-refractivity contribution in [2.24, 2.45) is 5.41 Å². The molecule has 1 N–H and O–H groups in total. The lowest BCUT2D eigenvalue weighted by atomic mass is 9.85. The number of carbonyl (C=O) groups is 1. The number of carboxylic acids is 1. The summed E-state index contributed by atoms with van der Waals surface area (Å²) in [6.07, 6.45) is 2.42. The van der Waals surface area contributed by atoms with E-state index in [1.807, 2.05) is 26.0 Å². The Balaban J connectivity index is 2.56. The highest BCUT2D eigenvalue weighted by Gasteiger charge is 2.23. The molecule has 0 aliphatic rings. The van der Waals surface area contributed by atoms with E-state index >= 15 is 0 Å². The van der Waals surface area contributed by atoms with Gasteiger partial charge < -0.3 is 9.52 Å². The lowest BCUT2D eigenvalue weighted by molar-refractivity contribution is -0.139. The van der Waals surface area contributed by atoms with Crippen LogP contribution < -0.4 is 0 Å². The predicted octanol–water partition coefficient (Wildman–Crippen LogP) is 2.32. The van der Waals surface area contributed by atoms with Crippen molar-refractivity contribution in [3.63, 3.8) is 0 Å². The van der Waals surface area contributed by atoms with Crippen molar-refractivity contribution in [3.8, 4) is 0 Å². The predicted molar refractivity (Wildman–Crippen MR) is 48.4 cm³/mol. The van der Waals surface area contributed by atoms with Crippen LogP contribution >= 0.6 is 0 Å². The van der Waals surface area contributed by atoms with Gasteiger partial charge in [0.15, 0.2) is 0 Å². The maximum Gasteiger partial charge on any atom is 0.303 e. The molecule has 0 radical (unpaired) electrons. The summed E-state index contributed by atoms with van der Waals surface area (Å²) in [6, 6.07) is 3.68. The second kappa shape index (κ2) is 3.64. The summed E-state index contributed by atoms with van der Waals surface area (Å²) in [6.45, 7) is 3.84. The average molecular weight is 182 g/mol. The first-order chi connectivity index (χ1) is 5.99. The Bertz CT molecular complexity index is 272. The SMILES string of the molecule is CC(C)(CC(=O)O)Cc1ccco1. The van der Waals surface area contributed by atoms with Crippen molar-refractivity contribution in [3.05, 3.63) is 24.2 Å². The highest BCUT2D eigenvalue weighted by atomic mass is 16.4. The Morgan fingerprint density at radius 3 is 2.77 bits per heavy atom. The van der Waals surface area contributed by atoms with Crippen LogP contribution in [0, 0.1) is 5.41 Å². The first kappa shape index (κ1) is 9.84. The Morgan fingerprint density at radius 2 is 2.31 bits per heavy atom. The zero-order valence-corrected chi connectivity index (χ0v) is 7.91. The number of aliphatic carboxylic acids is 1. The third-order valence-electron chi connectivity index (χ3n) is 1.86. The van der Waals surface area contributed by atoms with Crippen LogP contribution in [-0.4, -0.2) is 11.1 Å². The van der Waals surface area contributed by atoms with Gasteiger partial charge in [-0.1, -0.05) is 13.8 Å². The molecule has 0 fully saturated rings. The fourth-order valence-electron chi connectivity index (χ4n) is 1.36. The van der Waals surface area contributed by atoms with Crippen molar-refractivity contribution in [1.29, 1.82) is 0 Å². The smallest absolute Gasteiger partial charge is 0.303 e. The van der Waals surface area contributed by atoms with Crippen LogP contribution in [-0.2, 0) is 11.2 Å². The first-order valence-corrected chi connectivity index (χ1v) is 4.24.